The van der Waals surface area contributed by atoms with Crippen LogP contribution in [0.3, 0.4) is 0 Å². The highest BCUT2D eigenvalue weighted by Gasteiger charge is 2.22. The van der Waals surface area contributed by atoms with Crippen molar-refractivity contribution in [2.75, 3.05) is 6.61 Å². The van der Waals surface area contributed by atoms with E-state index in [4.69, 9.17) is 16.3 Å². The summed E-state index contributed by atoms with van der Waals surface area (Å²) in [5.41, 5.74) is 0. The van der Waals surface area contributed by atoms with E-state index >= 15 is 0 Å². The zero-order chi connectivity index (χ0) is 15.7. The Bertz CT molecular complexity index is 705. The predicted octanol–water partition coefficient (Wildman–Crippen LogP) is 1.79. The number of aromatic nitrogens is 4. The maximum Gasteiger partial charge on any atom is 0.280 e. The number of nitrogens with one attached hydrogen (secondary N) is 1. The van der Waals surface area contributed by atoms with E-state index in [1.165, 1.54) is 0 Å². The maximum absolute atomic E-state index is 12.6. The summed E-state index contributed by atoms with van der Waals surface area (Å²) in [7, 11) is 0. The standard InChI is InChI=1S/C11H10ClF2N5O2S/c12-8-7(9(13)14)22-11(16-8)10(20)15-3-5-17-18-6-4-21-2-1-19(5)6/h9H,1-4H2,(H,15,20). The Labute approximate surface area is 132 Å². The minimum atomic E-state index is -2.75. The van der Waals surface area contributed by atoms with Crippen LogP contribution in [0, 0.1) is 0 Å². The summed E-state index contributed by atoms with van der Waals surface area (Å²) < 4.78 is 32.3. The van der Waals surface area contributed by atoms with Gasteiger partial charge in [0.2, 0.25) is 0 Å². The zero-order valence-electron chi connectivity index (χ0n) is 11.1. The number of hydrogen-bond acceptors (Lipinski definition) is 6. The molecule has 0 saturated heterocycles. The number of rotatable bonds is 4. The van der Waals surface area contributed by atoms with Gasteiger partial charge in [-0.15, -0.1) is 21.5 Å². The van der Waals surface area contributed by atoms with Gasteiger partial charge in [-0.05, 0) is 0 Å². The van der Waals surface area contributed by atoms with E-state index in [2.05, 4.69) is 20.5 Å². The van der Waals surface area contributed by atoms with Crippen molar-refractivity contribution in [3.05, 3.63) is 26.7 Å². The van der Waals surface area contributed by atoms with Crippen LogP contribution in [0.25, 0.3) is 0 Å². The summed E-state index contributed by atoms with van der Waals surface area (Å²) in [5.74, 6) is 0.680. The highest BCUT2D eigenvalue weighted by Crippen LogP contribution is 2.32. The van der Waals surface area contributed by atoms with Crippen LogP contribution in [0.5, 0.6) is 0 Å². The van der Waals surface area contributed by atoms with Gasteiger partial charge >= 0.3 is 0 Å². The van der Waals surface area contributed by atoms with Crippen molar-refractivity contribution >= 4 is 28.8 Å². The van der Waals surface area contributed by atoms with Gasteiger partial charge in [0.25, 0.3) is 12.3 Å². The summed E-state index contributed by atoms with van der Waals surface area (Å²) in [6, 6.07) is 0. The molecule has 22 heavy (non-hydrogen) atoms. The number of carbonyl (C=O) groups is 1. The molecule has 2 aromatic heterocycles. The normalized spacial score (nSPS) is 14.2. The molecule has 1 N–H and O–H groups in total. The van der Waals surface area contributed by atoms with E-state index in [1.807, 2.05) is 4.57 Å². The number of fused-ring (bicyclic) bond motifs is 1. The minimum absolute atomic E-state index is 0.109. The smallest absolute Gasteiger partial charge is 0.280 e. The monoisotopic (exact) mass is 349 g/mol. The lowest BCUT2D eigenvalue weighted by Gasteiger charge is -2.15. The fourth-order valence-corrected chi connectivity index (χ4v) is 3.03. The second-order valence-electron chi connectivity index (χ2n) is 4.39. The summed E-state index contributed by atoms with van der Waals surface area (Å²) in [6.45, 7) is 1.64. The van der Waals surface area contributed by atoms with Crippen LogP contribution >= 0.6 is 22.9 Å². The zero-order valence-corrected chi connectivity index (χ0v) is 12.6. The first-order valence-corrected chi connectivity index (χ1v) is 7.47. The number of alkyl halides is 2. The number of amides is 1. The Kier molecular flexibility index (Phi) is 4.32. The van der Waals surface area contributed by atoms with Crippen molar-refractivity contribution in [2.24, 2.45) is 0 Å². The van der Waals surface area contributed by atoms with Gasteiger partial charge in [0.15, 0.2) is 16.7 Å². The molecule has 0 aromatic carbocycles. The van der Waals surface area contributed by atoms with Crippen molar-refractivity contribution in [2.45, 2.75) is 26.1 Å². The van der Waals surface area contributed by atoms with Crippen molar-refractivity contribution in [3.8, 4) is 0 Å². The molecule has 3 heterocycles. The molecule has 0 fully saturated rings. The molecule has 0 radical (unpaired) electrons. The molecular formula is C11H10ClF2N5O2S. The average molecular weight is 350 g/mol. The molecule has 0 saturated carbocycles. The van der Waals surface area contributed by atoms with E-state index in [0.29, 0.717) is 42.7 Å². The molecule has 118 valence electrons. The molecule has 2 aromatic rings. The van der Waals surface area contributed by atoms with E-state index in [9.17, 15) is 13.6 Å². The number of carbonyl (C=O) groups excluding carboxylic acids is 1. The summed E-state index contributed by atoms with van der Waals surface area (Å²) in [6.07, 6.45) is -2.75. The Balaban J connectivity index is 1.67. The lowest BCUT2D eigenvalue weighted by Crippen LogP contribution is -2.26. The van der Waals surface area contributed by atoms with Gasteiger partial charge < -0.3 is 14.6 Å². The largest absolute Gasteiger partial charge is 0.372 e. The number of ether oxygens (including phenoxy) is 1. The Morgan fingerprint density at radius 2 is 2.32 bits per heavy atom. The second kappa shape index (κ2) is 6.23. The number of thiazole rings is 1. The Morgan fingerprint density at radius 3 is 3.05 bits per heavy atom. The first-order valence-electron chi connectivity index (χ1n) is 6.27. The summed E-state index contributed by atoms with van der Waals surface area (Å²) in [4.78, 5) is 15.2. The van der Waals surface area contributed by atoms with Crippen LogP contribution in [-0.2, 0) is 24.4 Å². The third kappa shape index (κ3) is 2.94. The summed E-state index contributed by atoms with van der Waals surface area (Å²) in [5, 5.41) is 10.0. The third-order valence-corrected chi connectivity index (χ3v) is 4.47. The van der Waals surface area contributed by atoms with Crippen LogP contribution in [-0.4, -0.2) is 32.3 Å². The molecule has 0 bridgehead atoms. The summed E-state index contributed by atoms with van der Waals surface area (Å²) >= 11 is 6.15. The second-order valence-corrected chi connectivity index (χ2v) is 5.78. The average Bonchev–Trinajstić information content (AvgIpc) is 3.08. The SMILES string of the molecule is O=C(NCc1nnc2n1CCOC2)c1nc(Cl)c(C(F)F)s1. The number of hydrogen-bond donors (Lipinski definition) is 1. The van der Waals surface area contributed by atoms with Crippen LogP contribution in [0.15, 0.2) is 0 Å². The van der Waals surface area contributed by atoms with Gasteiger partial charge in [0.05, 0.1) is 13.2 Å². The van der Waals surface area contributed by atoms with Gasteiger partial charge in [0.1, 0.15) is 16.6 Å². The number of halogens is 3. The fraction of sp³-hybridized carbons (Fsp3) is 0.455. The van der Waals surface area contributed by atoms with Crippen LogP contribution in [0.1, 0.15) is 32.8 Å². The molecule has 3 rings (SSSR count). The van der Waals surface area contributed by atoms with E-state index in [0.717, 1.165) is 0 Å². The van der Waals surface area contributed by atoms with Crippen LogP contribution < -0.4 is 5.32 Å². The van der Waals surface area contributed by atoms with E-state index in [-0.39, 0.29) is 16.7 Å². The van der Waals surface area contributed by atoms with Crippen molar-refractivity contribution in [3.63, 3.8) is 0 Å². The topological polar surface area (TPSA) is 81.9 Å². The van der Waals surface area contributed by atoms with Gasteiger partial charge in [-0.25, -0.2) is 13.8 Å². The van der Waals surface area contributed by atoms with Gasteiger partial charge in [0, 0.05) is 6.54 Å². The quantitative estimate of drug-likeness (QED) is 0.910. The highest BCUT2D eigenvalue weighted by molar-refractivity contribution is 7.14. The molecule has 0 spiro atoms. The molecule has 1 aliphatic rings. The lowest BCUT2D eigenvalue weighted by molar-refractivity contribution is 0.0802. The molecule has 0 atom stereocenters. The predicted molar refractivity (Wildman–Crippen MR) is 72.9 cm³/mol. The fourth-order valence-electron chi connectivity index (χ4n) is 1.97. The maximum atomic E-state index is 12.6. The highest BCUT2D eigenvalue weighted by atomic mass is 35.5. The van der Waals surface area contributed by atoms with Gasteiger partial charge in [-0.1, -0.05) is 11.6 Å². The first-order chi connectivity index (χ1) is 10.6. The molecule has 1 aliphatic heterocycles. The van der Waals surface area contributed by atoms with E-state index in [1.54, 1.807) is 0 Å². The van der Waals surface area contributed by atoms with Crippen LogP contribution in [0.4, 0.5) is 8.78 Å². The number of nitrogens with zero attached hydrogens (tertiary/aromatic N) is 4. The van der Waals surface area contributed by atoms with Crippen molar-refractivity contribution in [1.29, 1.82) is 0 Å². The van der Waals surface area contributed by atoms with Gasteiger partial charge in [-0.3, -0.25) is 4.79 Å². The Hall–Kier alpha value is -1.65. The van der Waals surface area contributed by atoms with Crippen molar-refractivity contribution in [1.82, 2.24) is 25.1 Å². The lowest BCUT2D eigenvalue weighted by atomic mass is 10.4. The molecule has 11 heteroatoms. The van der Waals surface area contributed by atoms with Crippen LogP contribution in [0.2, 0.25) is 5.15 Å². The van der Waals surface area contributed by atoms with Gasteiger partial charge in [-0.2, -0.15) is 0 Å². The molecule has 0 aliphatic carbocycles. The molecular weight excluding hydrogens is 340 g/mol. The minimum Gasteiger partial charge on any atom is -0.372 e. The first kappa shape index (κ1) is 15.3. The third-order valence-electron chi connectivity index (χ3n) is 3.00. The van der Waals surface area contributed by atoms with Crippen molar-refractivity contribution < 1.29 is 18.3 Å². The molecule has 0 unspecified atom stereocenters. The van der Waals surface area contributed by atoms with E-state index < -0.39 is 17.2 Å². The molecule has 1 amide bonds. The molecule has 7 nitrogen and oxygen atoms in total. The Morgan fingerprint density at radius 1 is 1.50 bits per heavy atom.